The van der Waals surface area contributed by atoms with Crippen molar-refractivity contribution < 1.29 is 21.6 Å². The average Bonchev–Trinajstić information content (AvgIpc) is 2.35. The summed E-state index contributed by atoms with van der Waals surface area (Å²) in [4.78, 5) is 0. The van der Waals surface area contributed by atoms with Gasteiger partial charge in [0.25, 0.3) is 10.2 Å². The van der Waals surface area contributed by atoms with Crippen molar-refractivity contribution in [1.82, 2.24) is 8.61 Å². The molecule has 22 heavy (non-hydrogen) atoms. The van der Waals surface area contributed by atoms with Crippen LogP contribution < -0.4 is 0 Å². The number of hydrogen-bond donors (Lipinski definition) is 0. The zero-order valence-corrected chi connectivity index (χ0v) is 14.0. The van der Waals surface area contributed by atoms with Crippen LogP contribution in [0.2, 0.25) is 0 Å². The van der Waals surface area contributed by atoms with E-state index in [-0.39, 0.29) is 25.9 Å². The Hall–Kier alpha value is -0.850. The number of hydrogen-bond acceptors (Lipinski definition) is 3. The van der Waals surface area contributed by atoms with E-state index in [1.807, 2.05) is 6.07 Å². The van der Waals surface area contributed by atoms with Gasteiger partial charge in [-0.25, -0.2) is 0 Å². The van der Waals surface area contributed by atoms with Gasteiger partial charge in [-0.3, -0.25) is 0 Å². The Bertz CT molecular complexity index is 540. The van der Waals surface area contributed by atoms with Crippen molar-refractivity contribution in [3.8, 4) is 6.07 Å². The van der Waals surface area contributed by atoms with Crippen LogP contribution in [0.1, 0.15) is 33.6 Å². The number of rotatable bonds is 4. The molecule has 1 rings (SSSR count). The summed E-state index contributed by atoms with van der Waals surface area (Å²) in [5, 5.41) is 8.66. The van der Waals surface area contributed by atoms with Crippen molar-refractivity contribution >= 4 is 10.2 Å². The third-order valence-electron chi connectivity index (χ3n) is 4.29. The van der Waals surface area contributed by atoms with E-state index >= 15 is 0 Å². The second-order valence-corrected chi connectivity index (χ2v) is 8.43. The Morgan fingerprint density at radius 2 is 2.00 bits per heavy atom. The highest BCUT2D eigenvalue weighted by atomic mass is 32.2. The van der Waals surface area contributed by atoms with Crippen molar-refractivity contribution in [2.45, 2.75) is 45.8 Å². The molecule has 0 N–H and O–H groups in total. The molecule has 1 aliphatic rings. The second kappa shape index (κ2) is 6.34. The van der Waals surface area contributed by atoms with Gasteiger partial charge < -0.3 is 0 Å². The van der Waals surface area contributed by atoms with Gasteiger partial charge in [-0.15, -0.1) is 0 Å². The monoisotopic (exact) mass is 341 g/mol. The van der Waals surface area contributed by atoms with Crippen LogP contribution in [0.25, 0.3) is 0 Å². The lowest BCUT2D eigenvalue weighted by atomic mass is 9.74. The Labute approximate surface area is 129 Å². The van der Waals surface area contributed by atoms with E-state index in [1.54, 1.807) is 6.92 Å². The first-order valence-corrected chi connectivity index (χ1v) is 8.40. The fourth-order valence-electron chi connectivity index (χ4n) is 2.78. The molecule has 1 saturated heterocycles. The van der Waals surface area contributed by atoms with Gasteiger partial charge in [0.1, 0.15) is 0 Å². The Kier molecular flexibility index (Phi) is 5.53. The first-order valence-electron chi connectivity index (χ1n) is 7.01. The van der Waals surface area contributed by atoms with Gasteiger partial charge in [-0.2, -0.15) is 35.5 Å². The topological polar surface area (TPSA) is 64.4 Å². The van der Waals surface area contributed by atoms with E-state index in [0.717, 1.165) is 8.61 Å². The summed E-state index contributed by atoms with van der Waals surface area (Å²) in [6.45, 7) is 4.11. The molecule has 2 atom stereocenters. The highest BCUT2D eigenvalue weighted by Gasteiger charge is 2.53. The summed E-state index contributed by atoms with van der Waals surface area (Å²) in [5.74, 6) is -1.52. The van der Waals surface area contributed by atoms with Crippen LogP contribution in [-0.2, 0) is 10.2 Å². The SMILES string of the molecule is C[C@@H](CC#N)N(C)S(=O)(=O)N1CC[C@@H](C(F)(F)F)C(C)(C)C1. The third-order valence-corrected chi connectivity index (χ3v) is 6.34. The average molecular weight is 341 g/mol. The van der Waals surface area contributed by atoms with Gasteiger partial charge in [0, 0.05) is 26.2 Å². The van der Waals surface area contributed by atoms with Gasteiger partial charge in [0.15, 0.2) is 0 Å². The normalized spacial score (nSPS) is 25.0. The Balaban J connectivity index is 2.95. The molecule has 0 bridgehead atoms. The maximum absolute atomic E-state index is 13.0. The van der Waals surface area contributed by atoms with Crippen LogP contribution in [-0.4, -0.2) is 49.4 Å². The van der Waals surface area contributed by atoms with Crippen molar-refractivity contribution in [3.05, 3.63) is 0 Å². The molecule has 1 heterocycles. The fraction of sp³-hybridized carbons (Fsp3) is 0.923. The molecule has 0 aromatic heterocycles. The largest absolute Gasteiger partial charge is 0.392 e. The molecule has 0 amide bonds. The van der Waals surface area contributed by atoms with Gasteiger partial charge in [-0.05, 0) is 18.8 Å². The first kappa shape index (κ1) is 19.2. The maximum atomic E-state index is 13.0. The standard InChI is InChI=1S/C13H22F3N3O2S/c1-10(5-7-17)18(4)22(20,21)19-8-6-11(13(14,15)16)12(2,3)9-19/h10-11H,5-6,8-9H2,1-4H3/t10-,11+/m0/s1. The minimum Gasteiger partial charge on any atom is -0.198 e. The Morgan fingerprint density at radius 1 is 1.45 bits per heavy atom. The molecule has 0 radical (unpaired) electrons. The molecule has 128 valence electrons. The highest BCUT2D eigenvalue weighted by Crippen LogP contribution is 2.45. The van der Waals surface area contributed by atoms with Crippen molar-refractivity contribution in [2.24, 2.45) is 11.3 Å². The minimum atomic E-state index is -4.33. The van der Waals surface area contributed by atoms with Gasteiger partial charge in [0.05, 0.1) is 18.4 Å². The molecule has 0 aliphatic carbocycles. The predicted octanol–water partition coefficient (Wildman–Crippen LogP) is 2.38. The van der Waals surface area contributed by atoms with E-state index in [2.05, 4.69) is 0 Å². The number of piperidine rings is 1. The Morgan fingerprint density at radius 3 is 2.41 bits per heavy atom. The van der Waals surface area contributed by atoms with Crippen molar-refractivity contribution in [2.75, 3.05) is 20.1 Å². The van der Waals surface area contributed by atoms with Gasteiger partial charge >= 0.3 is 6.18 Å². The van der Waals surface area contributed by atoms with Crippen LogP contribution >= 0.6 is 0 Å². The quantitative estimate of drug-likeness (QED) is 0.788. The minimum absolute atomic E-state index is 0.0259. The summed E-state index contributed by atoms with van der Waals surface area (Å²) in [7, 11) is -2.53. The molecule has 1 fully saturated rings. The highest BCUT2D eigenvalue weighted by molar-refractivity contribution is 7.86. The summed E-state index contributed by atoms with van der Waals surface area (Å²) in [6, 6.07) is 1.36. The molecule has 5 nitrogen and oxygen atoms in total. The zero-order chi connectivity index (χ0) is 17.3. The first-order chi connectivity index (χ1) is 9.84. The molecule has 0 aromatic carbocycles. The van der Waals surface area contributed by atoms with Crippen LogP contribution in [0.5, 0.6) is 0 Å². The number of alkyl halides is 3. The second-order valence-electron chi connectivity index (χ2n) is 6.44. The smallest absolute Gasteiger partial charge is 0.198 e. The molecule has 0 aromatic rings. The van der Waals surface area contributed by atoms with E-state index in [1.165, 1.54) is 20.9 Å². The molecule has 1 aliphatic heterocycles. The molecular weight excluding hydrogens is 319 g/mol. The van der Waals surface area contributed by atoms with Crippen LogP contribution in [0.4, 0.5) is 13.2 Å². The fourth-order valence-corrected chi connectivity index (χ4v) is 4.51. The summed E-state index contributed by atoms with van der Waals surface area (Å²) < 4.78 is 66.3. The van der Waals surface area contributed by atoms with E-state index in [4.69, 9.17) is 5.26 Å². The zero-order valence-electron chi connectivity index (χ0n) is 13.2. The molecule has 0 saturated carbocycles. The van der Waals surface area contributed by atoms with Crippen LogP contribution in [0, 0.1) is 22.7 Å². The summed E-state index contributed by atoms with van der Waals surface area (Å²) in [5.41, 5.74) is -1.19. The number of halogens is 3. The summed E-state index contributed by atoms with van der Waals surface area (Å²) in [6.07, 6.45) is -4.56. The maximum Gasteiger partial charge on any atom is 0.392 e. The molecule has 9 heteroatoms. The van der Waals surface area contributed by atoms with Crippen molar-refractivity contribution in [1.29, 1.82) is 5.26 Å². The molecule has 0 unspecified atom stereocenters. The van der Waals surface area contributed by atoms with Crippen LogP contribution in [0.15, 0.2) is 0 Å². The lowest BCUT2D eigenvalue weighted by Gasteiger charge is -2.45. The lowest BCUT2D eigenvalue weighted by molar-refractivity contribution is -0.213. The number of nitriles is 1. The number of nitrogens with zero attached hydrogens (tertiary/aromatic N) is 3. The van der Waals surface area contributed by atoms with Crippen LogP contribution in [0.3, 0.4) is 0 Å². The van der Waals surface area contributed by atoms with E-state index in [9.17, 15) is 21.6 Å². The summed E-state index contributed by atoms with van der Waals surface area (Å²) >= 11 is 0. The molecule has 0 spiro atoms. The van der Waals surface area contributed by atoms with Crippen molar-refractivity contribution in [3.63, 3.8) is 0 Å². The van der Waals surface area contributed by atoms with E-state index < -0.39 is 33.8 Å². The molecular formula is C13H22F3N3O2S. The van der Waals surface area contributed by atoms with Gasteiger partial charge in [-0.1, -0.05) is 13.8 Å². The third kappa shape index (κ3) is 3.91. The lowest BCUT2D eigenvalue weighted by Crippen LogP contribution is -2.55. The predicted molar refractivity (Wildman–Crippen MR) is 75.9 cm³/mol. The van der Waals surface area contributed by atoms with E-state index in [0.29, 0.717) is 0 Å². The van der Waals surface area contributed by atoms with Gasteiger partial charge in [0.2, 0.25) is 0 Å².